The number of thiophene rings is 1. The van der Waals surface area contributed by atoms with E-state index in [2.05, 4.69) is 17.2 Å². The van der Waals surface area contributed by atoms with Gasteiger partial charge in [0.05, 0.1) is 16.3 Å². The Morgan fingerprint density at radius 3 is 2.94 bits per heavy atom. The number of hydrogen-bond donors (Lipinski definition) is 2. The summed E-state index contributed by atoms with van der Waals surface area (Å²) >= 11 is 1.42. The standard InChI is InChI=1S/C13H16N2OS/c14-9-3-6-11-7-8-12(17-11)13(16)15-10-4-1-2-5-10/h7-8,10H,1-2,4-5,9,14H2,(H,15,16). The number of nitrogens with two attached hydrogens (primary N) is 1. The molecular formula is C13H16N2OS. The molecule has 0 aliphatic heterocycles. The molecule has 90 valence electrons. The van der Waals surface area contributed by atoms with Gasteiger partial charge in [-0.2, -0.15) is 0 Å². The summed E-state index contributed by atoms with van der Waals surface area (Å²) < 4.78 is 0. The van der Waals surface area contributed by atoms with Crippen molar-refractivity contribution in [2.75, 3.05) is 6.54 Å². The van der Waals surface area contributed by atoms with Gasteiger partial charge >= 0.3 is 0 Å². The average molecular weight is 248 g/mol. The highest BCUT2D eigenvalue weighted by Crippen LogP contribution is 2.20. The molecule has 0 atom stereocenters. The number of nitrogens with one attached hydrogen (secondary N) is 1. The molecule has 1 aromatic rings. The van der Waals surface area contributed by atoms with Crippen LogP contribution in [0.25, 0.3) is 0 Å². The second-order valence-corrected chi connectivity index (χ2v) is 5.21. The third-order valence-corrected chi connectivity index (χ3v) is 3.83. The molecule has 4 heteroatoms. The fourth-order valence-electron chi connectivity index (χ4n) is 1.99. The Kier molecular flexibility index (Phi) is 4.18. The maximum Gasteiger partial charge on any atom is 0.261 e. The number of amides is 1. The Balaban J connectivity index is 1.96. The molecule has 2 rings (SSSR count). The molecule has 0 bridgehead atoms. The Labute approximate surface area is 105 Å². The van der Waals surface area contributed by atoms with Gasteiger partial charge in [0.1, 0.15) is 0 Å². The largest absolute Gasteiger partial charge is 0.349 e. The van der Waals surface area contributed by atoms with E-state index in [0.29, 0.717) is 12.6 Å². The molecule has 17 heavy (non-hydrogen) atoms. The third-order valence-electron chi connectivity index (χ3n) is 2.83. The van der Waals surface area contributed by atoms with Crippen LogP contribution in [0.2, 0.25) is 0 Å². The minimum atomic E-state index is 0.0303. The number of hydrogen-bond acceptors (Lipinski definition) is 3. The predicted molar refractivity (Wildman–Crippen MR) is 70.0 cm³/mol. The molecule has 0 saturated heterocycles. The fourth-order valence-corrected chi connectivity index (χ4v) is 2.78. The normalized spacial score (nSPS) is 15.4. The number of rotatable bonds is 2. The van der Waals surface area contributed by atoms with Gasteiger partial charge in [0, 0.05) is 6.04 Å². The van der Waals surface area contributed by atoms with E-state index >= 15 is 0 Å². The van der Waals surface area contributed by atoms with Crippen molar-refractivity contribution in [1.29, 1.82) is 0 Å². The van der Waals surface area contributed by atoms with E-state index in [1.807, 2.05) is 12.1 Å². The molecule has 0 radical (unpaired) electrons. The molecule has 1 aliphatic carbocycles. The lowest BCUT2D eigenvalue weighted by atomic mass is 10.2. The van der Waals surface area contributed by atoms with E-state index in [-0.39, 0.29) is 5.91 Å². The first-order chi connectivity index (χ1) is 8.29. The molecular weight excluding hydrogens is 232 g/mol. The highest BCUT2D eigenvalue weighted by Gasteiger charge is 2.18. The summed E-state index contributed by atoms with van der Waals surface area (Å²) in [5.41, 5.74) is 5.30. The van der Waals surface area contributed by atoms with Crippen molar-refractivity contribution in [3.63, 3.8) is 0 Å². The van der Waals surface area contributed by atoms with Gasteiger partial charge in [0.25, 0.3) is 5.91 Å². The van der Waals surface area contributed by atoms with E-state index in [1.165, 1.54) is 24.2 Å². The Bertz CT molecular complexity index is 449. The van der Waals surface area contributed by atoms with E-state index < -0.39 is 0 Å². The molecule has 0 unspecified atom stereocenters. The zero-order valence-corrected chi connectivity index (χ0v) is 10.5. The Morgan fingerprint density at radius 2 is 2.24 bits per heavy atom. The van der Waals surface area contributed by atoms with Crippen molar-refractivity contribution in [3.8, 4) is 11.8 Å². The smallest absolute Gasteiger partial charge is 0.261 e. The first-order valence-electron chi connectivity index (χ1n) is 5.89. The van der Waals surface area contributed by atoms with Crippen molar-refractivity contribution >= 4 is 17.2 Å². The quantitative estimate of drug-likeness (QED) is 0.783. The van der Waals surface area contributed by atoms with Crippen LogP contribution < -0.4 is 11.1 Å². The summed E-state index contributed by atoms with van der Waals surface area (Å²) in [7, 11) is 0. The minimum Gasteiger partial charge on any atom is -0.349 e. The van der Waals surface area contributed by atoms with E-state index in [0.717, 1.165) is 22.6 Å². The molecule has 1 heterocycles. The average Bonchev–Trinajstić information content (AvgIpc) is 2.96. The second-order valence-electron chi connectivity index (χ2n) is 4.12. The molecule has 1 fully saturated rings. The first-order valence-corrected chi connectivity index (χ1v) is 6.71. The Morgan fingerprint density at radius 1 is 1.47 bits per heavy atom. The van der Waals surface area contributed by atoms with Crippen LogP contribution in [0.4, 0.5) is 0 Å². The fraction of sp³-hybridized carbons (Fsp3) is 0.462. The van der Waals surface area contributed by atoms with Crippen molar-refractivity contribution < 1.29 is 4.79 Å². The third kappa shape index (κ3) is 3.32. The maximum absolute atomic E-state index is 11.9. The van der Waals surface area contributed by atoms with Gasteiger partial charge < -0.3 is 11.1 Å². The molecule has 0 aromatic carbocycles. The SMILES string of the molecule is NCC#Cc1ccc(C(=O)NC2CCCC2)s1. The number of carbonyl (C=O) groups excluding carboxylic acids is 1. The van der Waals surface area contributed by atoms with Gasteiger partial charge in [0.2, 0.25) is 0 Å². The molecule has 1 amide bonds. The summed E-state index contributed by atoms with van der Waals surface area (Å²) in [6, 6.07) is 4.06. The van der Waals surface area contributed by atoms with Crippen LogP contribution in [-0.2, 0) is 0 Å². The van der Waals surface area contributed by atoms with E-state index in [4.69, 9.17) is 5.73 Å². The molecule has 1 aromatic heterocycles. The van der Waals surface area contributed by atoms with Gasteiger partial charge in [-0.25, -0.2) is 0 Å². The van der Waals surface area contributed by atoms with Gasteiger partial charge in [-0.3, -0.25) is 4.79 Å². The number of carbonyl (C=O) groups is 1. The van der Waals surface area contributed by atoms with Gasteiger partial charge in [-0.15, -0.1) is 11.3 Å². The lowest BCUT2D eigenvalue weighted by Crippen LogP contribution is -2.31. The van der Waals surface area contributed by atoms with Crippen LogP contribution in [0.5, 0.6) is 0 Å². The van der Waals surface area contributed by atoms with E-state index in [9.17, 15) is 4.79 Å². The van der Waals surface area contributed by atoms with E-state index in [1.54, 1.807) is 0 Å². The summed E-state index contributed by atoms with van der Waals surface area (Å²) in [5.74, 6) is 5.75. The molecule has 0 spiro atoms. The van der Waals surface area contributed by atoms with Crippen LogP contribution in [0.1, 0.15) is 40.2 Å². The Hall–Kier alpha value is -1.31. The van der Waals surface area contributed by atoms with Crippen LogP contribution in [0, 0.1) is 11.8 Å². The highest BCUT2D eigenvalue weighted by molar-refractivity contribution is 7.14. The molecule has 3 nitrogen and oxygen atoms in total. The highest BCUT2D eigenvalue weighted by atomic mass is 32.1. The molecule has 1 saturated carbocycles. The van der Waals surface area contributed by atoms with Crippen LogP contribution in [-0.4, -0.2) is 18.5 Å². The zero-order chi connectivity index (χ0) is 12.1. The zero-order valence-electron chi connectivity index (χ0n) is 9.66. The summed E-state index contributed by atoms with van der Waals surface area (Å²) in [4.78, 5) is 13.5. The van der Waals surface area contributed by atoms with Crippen LogP contribution in [0.3, 0.4) is 0 Å². The van der Waals surface area contributed by atoms with Crippen LogP contribution in [0.15, 0.2) is 12.1 Å². The van der Waals surface area contributed by atoms with Crippen molar-refractivity contribution in [2.45, 2.75) is 31.7 Å². The lowest BCUT2D eigenvalue weighted by Gasteiger charge is -2.10. The molecule has 3 N–H and O–H groups in total. The topological polar surface area (TPSA) is 55.1 Å². The summed E-state index contributed by atoms with van der Waals surface area (Å²) in [6.07, 6.45) is 4.67. The van der Waals surface area contributed by atoms with Gasteiger partial charge in [-0.1, -0.05) is 24.7 Å². The van der Waals surface area contributed by atoms with Gasteiger partial charge in [0.15, 0.2) is 0 Å². The predicted octanol–water partition coefficient (Wildman–Crippen LogP) is 1.73. The van der Waals surface area contributed by atoms with Crippen molar-refractivity contribution in [3.05, 3.63) is 21.9 Å². The minimum absolute atomic E-state index is 0.0303. The van der Waals surface area contributed by atoms with Gasteiger partial charge in [-0.05, 0) is 25.0 Å². The monoisotopic (exact) mass is 248 g/mol. The van der Waals surface area contributed by atoms with Crippen LogP contribution >= 0.6 is 11.3 Å². The lowest BCUT2D eigenvalue weighted by molar-refractivity contribution is 0.0942. The summed E-state index contributed by atoms with van der Waals surface area (Å²) in [5, 5.41) is 3.06. The van der Waals surface area contributed by atoms with Crippen molar-refractivity contribution in [2.24, 2.45) is 5.73 Å². The van der Waals surface area contributed by atoms with Crippen molar-refractivity contribution in [1.82, 2.24) is 5.32 Å². The summed E-state index contributed by atoms with van der Waals surface area (Å²) in [6.45, 7) is 0.349. The molecule has 1 aliphatic rings. The first kappa shape index (κ1) is 12.2. The second kappa shape index (κ2) is 5.85. The maximum atomic E-state index is 11.9.